The van der Waals surface area contributed by atoms with Gasteiger partial charge in [0.1, 0.15) is 17.7 Å². The predicted molar refractivity (Wildman–Crippen MR) is 79.1 cm³/mol. The monoisotopic (exact) mass is 355 g/mol. The first-order valence-electron chi connectivity index (χ1n) is 6.33. The minimum absolute atomic E-state index is 0.117. The van der Waals surface area contributed by atoms with Crippen LogP contribution >= 0.6 is 11.8 Å². The lowest BCUT2D eigenvalue weighted by molar-refractivity contribution is 0.235. The number of rotatable bonds is 5. The first-order chi connectivity index (χ1) is 9.82. The second kappa shape index (κ2) is 6.29. The molecule has 1 aromatic heterocycles. The van der Waals surface area contributed by atoms with Crippen LogP contribution in [-0.2, 0) is 26.5 Å². The maximum atomic E-state index is 12.6. The molecule has 1 fully saturated rings. The largest absolute Gasteiger partial charge is 0.446 e. The van der Waals surface area contributed by atoms with Gasteiger partial charge in [0, 0.05) is 23.8 Å². The maximum Gasteiger partial charge on any atom is 0.277 e. The highest BCUT2D eigenvalue weighted by molar-refractivity contribution is 8.01. The molecule has 7 nitrogen and oxygen atoms in total. The molecule has 1 aliphatic rings. The molecule has 1 aliphatic heterocycles. The zero-order valence-electron chi connectivity index (χ0n) is 11.4. The Morgan fingerprint density at radius 2 is 2.10 bits per heavy atom. The Bertz CT molecular complexity index is 693. The number of nitrogens with zero attached hydrogens (tertiary/aromatic N) is 1. The summed E-state index contributed by atoms with van der Waals surface area (Å²) in [4.78, 5) is 0. The van der Waals surface area contributed by atoms with Gasteiger partial charge < -0.3 is 9.52 Å². The van der Waals surface area contributed by atoms with Gasteiger partial charge in [-0.25, -0.2) is 16.8 Å². The van der Waals surface area contributed by atoms with Gasteiger partial charge in [-0.05, 0) is 12.1 Å². The van der Waals surface area contributed by atoms with E-state index in [2.05, 4.69) is 0 Å². The van der Waals surface area contributed by atoms with Crippen LogP contribution in [0.3, 0.4) is 0 Å². The Hall–Kier alpha value is -0.550. The maximum absolute atomic E-state index is 12.6. The van der Waals surface area contributed by atoms with Crippen LogP contribution in [-0.4, -0.2) is 55.4 Å². The van der Waals surface area contributed by atoms with E-state index in [1.54, 1.807) is 0 Å². The molecule has 2 rings (SSSR count). The van der Waals surface area contributed by atoms with E-state index in [0.29, 0.717) is 5.75 Å². The zero-order chi connectivity index (χ0) is 15.7. The van der Waals surface area contributed by atoms with Crippen molar-refractivity contribution < 1.29 is 26.4 Å². The van der Waals surface area contributed by atoms with E-state index in [9.17, 15) is 16.8 Å². The summed E-state index contributed by atoms with van der Waals surface area (Å²) >= 11 is 1.41. The predicted octanol–water partition coefficient (Wildman–Crippen LogP) is 0.270. The molecule has 10 heteroatoms. The standard InChI is InChI=1S/C11H17NO6S3/c1-2-20(14,15)10-8-19-6-5-12(10)21(16,17)11-4-3-9(7-13)18-11/h3-4,10,13H,2,5-8H2,1H3. The van der Waals surface area contributed by atoms with E-state index in [-0.39, 0.29) is 28.9 Å². The lowest BCUT2D eigenvalue weighted by Crippen LogP contribution is -2.50. The quantitative estimate of drug-likeness (QED) is 0.808. The molecule has 1 atom stereocenters. The van der Waals surface area contributed by atoms with Crippen LogP contribution in [0, 0.1) is 0 Å². The van der Waals surface area contributed by atoms with Crippen LogP contribution in [0.25, 0.3) is 0 Å². The minimum atomic E-state index is -4.03. The van der Waals surface area contributed by atoms with Crippen molar-refractivity contribution in [3.63, 3.8) is 0 Å². The molecule has 1 unspecified atom stereocenters. The van der Waals surface area contributed by atoms with Crippen molar-refractivity contribution in [2.24, 2.45) is 0 Å². The fourth-order valence-electron chi connectivity index (χ4n) is 2.01. The summed E-state index contributed by atoms with van der Waals surface area (Å²) < 4.78 is 55.4. The van der Waals surface area contributed by atoms with Gasteiger partial charge in [0.15, 0.2) is 9.84 Å². The van der Waals surface area contributed by atoms with Crippen molar-refractivity contribution >= 4 is 31.6 Å². The normalized spacial score (nSPS) is 21.5. The minimum Gasteiger partial charge on any atom is -0.446 e. The molecular formula is C11H17NO6S3. The van der Waals surface area contributed by atoms with Gasteiger partial charge in [0.05, 0.1) is 0 Å². The van der Waals surface area contributed by atoms with Gasteiger partial charge in [0.2, 0.25) is 5.09 Å². The summed E-state index contributed by atoms with van der Waals surface area (Å²) in [6.45, 7) is 1.20. The van der Waals surface area contributed by atoms with E-state index in [1.807, 2.05) is 0 Å². The SMILES string of the molecule is CCS(=O)(=O)C1CSCCN1S(=O)(=O)c1ccc(CO)o1. The zero-order valence-corrected chi connectivity index (χ0v) is 13.9. The van der Waals surface area contributed by atoms with E-state index in [4.69, 9.17) is 9.52 Å². The molecule has 21 heavy (non-hydrogen) atoms. The van der Waals surface area contributed by atoms with Crippen molar-refractivity contribution in [1.82, 2.24) is 4.31 Å². The molecule has 0 amide bonds. The third kappa shape index (κ3) is 3.29. The van der Waals surface area contributed by atoms with E-state index < -0.39 is 31.8 Å². The Balaban J connectivity index is 2.40. The van der Waals surface area contributed by atoms with Gasteiger partial charge in [-0.3, -0.25) is 0 Å². The summed E-state index contributed by atoms with van der Waals surface area (Å²) in [5.74, 6) is 0.741. The fourth-order valence-corrected chi connectivity index (χ4v) is 7.20. The number of aliphatic hydroxyl groups excluding tert-OH is 1. The number of sulfone groups is 1. The molecule has 1 N–H and O–H groups in total. The van der Waals surface area contributed by atoms with Crippen LogP contribution in [0.2, 0.25) is 0 Å². The molecule has 1 aromatic rings. The van der Waals surface area contributed by atoms with E-state index in [1.165, 1.54) is 30.8 Å². The van der Waals surface area contributed by atoms with Gasteiger partial charge in [0.25, 0.3) is 10.0 Å². The summed E-state index contributed by atoms with van der Waals surface area (Å²) in [6.07, 6.45) is 0. The van der Waals surface area contributed by atoms with Crippen LogP contribution in [0.15, 0.2) is 21.6 Å². The molecule has 0 saturated carbocycles. The van der Waals surface area contributed by atoms with Crippen LogP contribution < -0.4 is 0 Å². The summed E-state index contributed by atoms with van der Waals surface area (Å²) in [5.41, 5.74) is 0. The number of hydrogen-bond donors (Lipinski definition) is 1. The number of furan rings is 1. The van der Waals surface area contributed by atoms with Crippen molar-refractivity contribution in [3.8, 4) is 0 Å². The van der Waals surface area contributed by atoms with Crippen molar-refractivity contribution in [2.75, 3.05) is 23.8 Å². The van der Waals surface area contributed by atoms with Crippen LogP contribution in [0.4, 0.5) is 0 Å². The Morgan fingerprint density at radius 1 is 1.38 bits per heavy atom. The third-order valence-corrected chi connectivity index (χ3v) is 8.41. The van der Waals surface area contributed by atoms with Crippen LogP contribution in [0.5, 0.6) is 0 Å². The molecule has 2 heterocycles. The van der Waals surface area contributed by atoms with Gasteiger partial charge >= 0.3 is 0 Å². The Morgan fingerprint density at radius 3 is 2.67 bits per heavy atom. The molecular weight excluding hydrogens is 338 g/mol. The number of hydrogen-bond acceptors (Lipinski definition) is 7. The molecule has 0 radical (unpaired) electrons. The summed E-state index contributed by atoms with van der Waals surface area (Å²) in [7, 11) is -7.56. The molecule has 0 aromatic carbocycles. The highest BCUT2D eigenvalue weighted by Crippen LogP contribution is 2.28. The summed E-state index contributed by atoms with van der Waals surface area (Å²) in [6, 6.07) is 2.59. The number of aliphatic hydroxyl groups is 1. The van der Waals surface area contributed by atoms with E-state index in [0.717, 1.165) is 4.31 Å². The summed E-state index contributed by atoms with van der Waals surface area (Å²) in [5, 5.41) is 7.53. The van der Waals surface area contributed by atoms with Crippen molar-refractivity contribution in [3.05, 3.63) is 17.9 Å². The lowest BCUT2D eigenvalue weighted by atomic mass is 10.5. The van der Waals surface area contributed by atoms with Crippen molar-refractivity contribution in [2.45, 2.75) is 24.0 Å². The van der Waals surface area contributed by atoms with Crippen molar-refractivity contribution in [1.29, 1.82) is 0 Å². The lowest BCUT2D eigenvalue weighted by Gasteiger charge is -2.32. The molecule has 120 valence electrons. The molecule has 0 bridgehead atoms. The van der Waals surface area contributed by atoms with Gasteiger partial charge in [-0.15, -0.1) is 0 Å². The second-order valence-electron chi connectivity index (χ2n) is 4.48. The first-order valence-corrected chi connectivity index (χ1v) is 10.6. The average Bonchev–Trinajstić information content (AvgIpc) is 2.97. The molecule has 1 saturated heterocycles. The fraction of sp³-hybridized carbons (Fsp3) is 0.636. The first kappa shape index (κ1) is 16.8. The van der Waals surface area contributed by atoms with Gasteiger partial charge in [-0.2, -0.15) is 16.1 Å². The highest BCUT2D eigenvalue weighted by atomic mass is 32.2. The van der Waals surface area contributed by atoms with Gasteiger partial charge in [-0.1, -0.05) is 6.92 Å². The van der Waals surface area contributed by atoms with E-state index >= 15 is 0 Å². The Kier molecular flexibility index (Phi) is 5.03. The highest BCUT2D eigenvalue weighted by Gasteiger charge is 2.41. The number of sulfonamides is 1. The molecule has 0 spiro atoms. The number of thioether (sulfide) groups is 1. The van der Waals surface area contributed by atoms with Crippen LogP contribution in [0.1, 0.15) is 12.7 Å². The molecule has 0 aliphatic carbocycles. The topological polar surface area (TPSA) is 105 Å². The average molecular weight is 355 g/mol. The Labute approximate surface area is 128 Å². The third-order valence-electron chi connectivity index (χ3n) is 3.21. The smallest absolute Gasteiger partial charge is 0.277 e. The second-order valence-corrected chi connectivity index (χ2v) is 9.89.